The lowest BCUT2D eigenvalue weighted by Crippen LogP contribution is -2.22. The molecule has 2 rings (SSSR count). The molecule has 4 nitrogen and oxygen atoms in total. The summed E-state index contributed by atoms with van der Waals surface area (Å²) >= 11 is 1.41. The summed E-state index contributed by atoms with van der Waals surface area (Å²) in [6, 6.07) is 10.3. The maximum Gasteiger partial charge on any atom is 0.305 e. The monoisotopic (exact) mass is 361 g/mol. The Balaban J connectivity index is 1.81. The van der Waals surface area contributed by atoms with Gasteiger partial charge in [-0.2, -0.15) is 0 Å². The molecule has 0 aliphatic carbocycles. The molecule has 1 aromatic heterocycles. The van der Waals surface area contributed by atoms with Crippen LogP contribution in [0.15, 0.2) is 42.5 Å². The van der Waals surface area contributed by atoms with Crippen molar-refractivity contribution in [2.75, 3.05) is 13.2 Å². The summed E-state index contributed by atoms with van der Waals surface area (Å²) in [4.78, 5) is 24.6. The number of hydrogen-bond acceptors (Lipinski definition) is 4. The number of amides is 1. The van der Waals surface area contributed by atoms with Crippen molar-refractivity contribution in [1.82, 2.24) is 5.32 Å². The molecule has 0 unspecified atom stereocenters. The summed E-state index contributed by atoms with van der Waals surface area (Å²) < 4.78 is 18.6. The van der Waals surface area contributed by atoms with Crippen LogP contribution < -0.4 is 5.32 Å². The second-order valence-corrected chi connectivity index (χ2v) is 6.33. The summed E-state index contributed by atoms with van der Waals surface area (Å²) in [5, 5.41) is 2.71. The number of thiophene rings is 1. The molecule has 0 aliphatic rings. The fourth-order valence-corrected chi connectivity index (χ4v) is 3.08. The van der Waals surface area contributed by atoms with Gasteiger partial charge in [-0.15, -0.1) is 11.3 Å². The van der Waals surface area contributed by atoms with Gasteiger partial charge in [0.25, 0.3) is 0 Å². The number of ether oxygens (including phenoxy) is 1. The Kier molecular flexibility index (Phi) is 7.35. The number of benzene rings is 1. The number of esters is 1. The second-order valence-electron chi connectivity index (χ2n) is 5.21. The summed E-state index contributed by atoms with van der Waals surface area (Å²) in [6.45, 7) is 2.53. The van der Waals surface area contributed by atoms with E-state index in [4.69, 9.17) is 4.74 Å². The number of nitrogens with one attached hydrogen (secondary N) is 1. The lowest BCUT2D eigenvalue weighted by molar-refractivity contribution is -0.143. The minimum Gasteiger partial charge on any atom is -0.466 e. The van der Waals surface area contributed by atoms with Crippen molar-refractivity contribution in [1.29, 1.82) is 0 Å². The molecule has 0 bridgehead atoms. The third kappa shape index (κ3) is 6.15. The summed E-state index contributed by atoms with van der Waals surface area (Å²) in [6.07, 6.45) is 3.95. The summed E-state index contributed by atoms with van der Waals surface area (Å²) in [5.41, 5.74) is 0.551. The Bertz CT molecular complexity index is 755. The molecule has 0 atom stereocenters. The van der Waals surface area contributed by atoms with Gasteiger partial charge in [-0.3, -0.25) is 9.59 Å². The molecule has 25 heavy (non-hydrogen) atoms. The van der Waals surface area contributed by atoms with E-state index in [9.17, 15) is 14.0 Å². The lowest BCUT2D eigenvalue weighted by atomic mass is 10.2. The van der Waals surface area contributed by atoms with Crippen molar-refractivity contribution in [3.05, 3.63) is 53.2 Å². The Hall–Kier alpha value is -2.47. The molecule has 0 saturated carbocycles. The number of rotatable bonds is 8. The van der Waals surface area contributed by atoms with Gasteiger partial charge in [-0.05, 0) is 37.6 Å². The molecule has 2 aromatic rings. The first-order valence-electron chi connectivity index (χ1n) is 8.06. The van der Waals surface area contributed by atoms with E-state index in [1.807, 2.05) is 12.1 Å². The molecule has 1 aromatic carbocycles. The Morgan fingerprint density at radius 3 is 2.80 bits per heavy atom. The highest BCUT2D eigenvalue weighted by atomic mass is 32.1. The van der Waals surface area contributed by atoms with Gasteiger partial charge in [0.05, 0.1) is 6.61 Å². The largest absolute Gasteiger partial charge is 0.466 e. The van der Waals surface area contributed by atoms with Gasteiger partial charge in [-0.25, -0.2) is 4.39 Å². The lowest BCUT2D eigenvalue weighted by Gasteiger charge is -2.02. The van der Waals surface area contributed by atoms with Crippen LogP contribution in [0.4, 0.5) is 4.39 Å². The van der Waals surface area contributed by atoms with Crippen molar-refractivity contribution in [3.8, 4) is 10.4 Å². The summed E-state index contributed by atoms with van der Waals surface area (Å²) in [5.74, 6) is -0.754. The predicted molar refractivity (Wildman–Crippen MR) is 97.6 cm³/mol. The molecule has 0 radical (unpaired) electrons. The average molecular weight is 361 g/mol. The first-order valence-corrected chi connectivity index (χ1v) is 8.88. The van der Waals surface area contributed by atoms with Crippen LogP contribution in [-0.2, 0) is 14.3 Å². The minimum atomic E-state index is -0.265. The van der Waals surface area contributed by atoms with E-state index in [1.54, 1.807) is 31.2 Å². The van der Waals surface area contributed by atoms with Gasteiger partial charge in [-0.1, -0.05) is 18.2 Å². The van der Waals surface area contributed by atoms with Crippen molar-refractivity contribution < 1.29 is 18.7 Å². The van der Waals surface area contributed by atoms with Crippen LogP contribution in [-0.4, -0.2) is 25.0 Å². The van der Waals surface area contributed by atoms with Crippen LogP contribution in [0.3, 0.4) is 0 Å². The zero-order chi connectivity index (χ0) is 18.1. The molecule has 1 amide bonds. The Morgan fingerprint density at radius 2 is 2.04 bits per heavy atom. The molecule has 0 spiro atoms. The van der Waals surface area contributed by atoms with E-state index in [0.29, 0.717) is 25.1 Å². The maximum atomic E-state index is 13.8. The van der Waals surface area contributed by atoms with Crippen LogP contribution in [0.1, 0.15) is 24.6 Å². The van der Waals surface area contributed by atoms with Gasteiger partial charge >= 0.3 is 5.97 Å². The van der Waals surface area contributed by atoms with Gasteiger partial charge in [0.2, 0.25) is 5.91 Å². The van der Waals surface area contributed by atoms with Crippen LogP contribution >= 0.6 is 11.3 Å². The average Bonchev–Trinajstić information content (AvgIpc) is 3.06. The van der Waals surface area contributed by atoms with Gasteiger partial charge < -0.3 is 10.1 Å². The van der Waals surface area contributed by atoms with E-state index in [0.717, 1.165) is 9.75 Å². The van der Waals surface area contributed by atoms with E-state index >= 15 is 0 Å². The minimum absolute atomic E-state index is 0.232. The number of hydrogen-bond donors (Lipinski definition) is 1. The Morgan fingerprint density at radius 1 is 1.24 bits per heavy atom. The Labute approximate surface area is 150 Å². The molecule has 1 heterocycles. The van der Waals surface area contributed by atoms with E-state index < -0.39 is 0 Å². The van der Waals surface area contributed by atoms with Crippen molar-refractivity contribution in [3.63, 3.8) is 0 Å². The van der Waals surface area contributed by atoms with Gasteiger partial charge in [0, 0.05) is 34.4 Å². The highest BCUT2D eigenvalue weighted by Gasteiger charge is 2.06. The molecular weight excluding hydrogens is 341 g/mol. The smallest absolute Gasteiger partial charge is 0.305 e. The van der Waals surface area contributed by atoms with Crippen molar-refractivity contribution in [2.45, 2.75) is 19.8 Å². The predicted octanol–water partition coefficient (Wildman–Crippen LogP) is 4.03. The standard InChI is InChI=1S/C19H20FNO3S/c1-2-24-19(23)8-5-13-21-18(22)12-10-14-9-11-17(25-14)15-6-3-4-7-16(15)20/h3-4,6-7,9-12H,2,5,8,13H2,1H3,(H,21,22)/b12-10+. The molecule has 0 fully saturated rings. The summed E-state index contributed by atoms with van der Waals surface area (Å²) in [7, 11) is 0. The van der Waals surface area contributed by atoms with Crippen LogP contribution in [0, 0.1) is 5.82 Å². The molecule has 6 heteroatoms. The molecule has 1 N–H and O–H groups in total. The quantitative estimate of drug-likeness (QED) is 0.439. The van der Waals surface area contributed by atoms with Crippen LogP contribution in [0.2, 0.25) is 0 Å². The number of carbonyl (C=O) groups excluding carboxylic acids is 2. The zero-order valence-electron chi connectivity index (χ0n) is 14.0. The fraction of sp³-hybridized carbons (Fsp3) is 0.263. The third-order valence-corrected chi connectivity index (χ3v) is 4.41. The highest BCUT2D eigenvalue weighted by molar-refractivity contribution is 7.16. The molecular formula is C19H20FNO3S. The fourth-order valence-electron chi connectivity index (χ4n) is 2.14. The van der Waals surface area contributed by atoms with Crippen molar-refractivity contribution in [2.24, 2.45) is 0 Å². The topological polar surface area (TPSA) is 55.4 Å². The van der Waals surface area contributed by atoms with Crippen LogP contribution in [0.25, 0.3) is 16.5 Å². The number of halogens is 1. The van der Waals surface area contributed by atoms with E-state index in [-0.39, 0.29) is 24.1 Å². The van der Waals surface area contributed by atoms with Gasteiger partial charge in [0.1, 0.15) is 5.82 Å². The van der Waals surface area contributed by atoms with E-state index in [2.05, 4.69) is 5.32 Å². The number of carbonyl (C=O) groups is 2. The van der Waals surface area contributed by atoms with Gasteiger partial charge in [0.15, 0.2) is 0 Å². The SMILES string of the molecule is CCOC(=O)CCCNC(=O)/C=C/c1ccc(-c2ccccc2F)s1. The first-order chi connectivity index (χ1) is 12.1. The van der Waals surface area contributed by atoms with E-state index in [1.165, 1.54) is 23.5 Å². The molecule has 0 aliphatic heterocycles. The normalized spacial score (nSPS) is 10.8. The highest BCUT2D eigenvalue weighted by Crippen LogP contribution is 2.30. The maximum absolute atomic E-state index is 13.8. The molecule has 0 saturated heterocycles. The third-order valence-electron chi connectivity index (χ3n) is 3.33. The van der Waals surface area contributed by atoms with Crippen molar-refractivity contribution >= 4 is 29.3 Å². The van der Waals surface area contributed by atoms with Crippen LogP contribution in [0.5, 0.6) is 0 Å². The zero-order valence-corrected chi connectivity index (χ0v) is 14.8. The first kappa shape index (κ1) is 18.9. The second kappa shape index (κ2) is 9.74. The molecule has 132 valence electrons.